The van der Waals surface area contributed by atoms with Gasteiger partial charge in [-0.15, -0.1) is 22.7 Å². The van der Waals surface area contributed by atoms with Gasteiger partial charge in [0.05, 0.1) is 11.4 Å². The molecular weight excluding hydrogens is 703 g/mol. The van der Waals surface area contributed by atoms with Crippen LogP contribution in [0, 0.1) is 0 Å². The second-order valence-corrected chi connectivity index (χ2v) is 16.1. The summed E-state index contributed by atoms with van der Waals surface area (Å²) in [7, 11) is 0. The topological polar surface area (TPSA) is 3.24 Å². The molecule has 0 amide bonds. The Hall–Kier alpha value is -6.52. The number of para-hydroxylation sites is 2. The van der Waals surface area contributed by atoms with Crippen LogP contribution in [-0.2, 0) is 0 Å². The van der Waals surface area contributed by atoms with Gasteiger partial charge in [-0.1, -0.05) is 164 Å². The van der Waals surface area contributed by atoms with E-state index in [0.29, 0.717) is 0 Å². The molecule has 258 valence electrons. The zero-order valence-electron chi connectivity index (χ0n) is 29.8. The van der Waals surface area contributed by atoms with Crippen molar-refractivity contribution in [2.45, 2.75) is 0 Å². The summed E-state index contributed by atoms with van der Waals surface area (Å²) in [5, 5.41) is 7.73. The Balaban J connectivity index is 1.15. The summed E-state index contributed by atoms with van der Waals surface area (Å²) in [6, 6.07) is 73.4. The Labute approximate surface area is 327 Å². The van der Waals surface area contributed by atoms with Crippen LogP contribution in [0.4, 0.5) is 17.1 Å². The first-order valence-electron chi connectivity index (χ1n) is 18.7. The molecule has 9 aromatic carbocycles. The molecule has 0 unspecified atom stereocenters. The molecule has 0 saturated heterocycles. The number of benzene rings is 9. The highest BCUT2D eigenvalue weighted by Crippen LogP contribution is 2.49. The first kappa shape index (κ1) is 32.0. The van der Waals surface area contributed by atoms with Crippen LogP contribution >= 0.6 is 22.7 Å². The molecule has 0 N–H and O–H groups in total. The minimum Gasteiger partial charge on any atom is -0.309 e. The molecule has 0 atom stereocenters. The summed E-state index contributed by atoms with van der Waals surface area (Å²) in [6.45, 7) is 0. The third-order valence-electron chi connectivity index (χ3n) is 10.9. The second kappa shape index (κ2) is 13.1. The predicted octanol–water partition coefficient (Wildman–Crippen LogP) is 16.0. The maximum atomic E-state index is 2.48. The van der Waals surface area contributed by atoms with E-state index in [-0.39, 0.29) is 0 Å². The molecule has 0 bridgehead atoms. The third-order valence-corrected chi connectivity index (χ3v) is 13.3. The number of hydrogen-bond acceptors (Lipinski definition) is 3. The quantitative estimate of drug-likeness (QED) is 0.164. The molecule has 3 heteroatoms. The van der Waals surface area contributed by atoms with Gasteiger partial charge >= 0.3 is 0 Å². The van der Waals surface area contributed by atoms with Gasteiger partial charge in [0.25, 0.3) is 0 Å². The summed E-state index contributed by atoms with van der Waals surface area (Å²) in [4.78, 5) is 2.48. The van der Waals surface area contributed by atoms with Crippen LogP contribution in [0.15, 0.2) is 200 Å². The van der Waals surface area contributed by atoms with E-state index in [2.05, 4.69) is 205 Å². The molecule has 2 aromatic heterocycles. The lowest BCUT2D eigenvalue weighted by atomic mass is 9.96. The van der Waals surface area contributed by atoms with Gasteiger partial charge < -0.3 is 4.90 Å². The molecule has 0 saturated carbocycles. The van der Waals surface area contributed by atoms with Gasteiger partial charge in [0, 0.05) is 68.3 Å². The molecule has 0 aliphatic heterocycles. The van der Waals surface area contributed by atoms with Crippen LogP contribution < -0.4 is 4.90 Å². The first-order valence-corrected chi connectivity index (χ1v) is 20.3. The summed E-state index contributed by atoms with van der Waals surface area (Å²) < 4.78 is 5.24. The van der Waals surface area contributed by atoms with Crippen molar-refractivity contribution in [3.8, 4) is 33.4 Å². The predicted molar refractivity (Wildman–Crippen MR) is 241 cm³/mol. The standard InChI is InChI=1S/C52H33NS2/c1-2-16-37-34(14-1)15-11-21-38(37)35-30-32-36(33-31-35)53(47-26-7-3-17-39(47)43-22-12-24-45-41-19-5-9-28-49(41)54-51(43)45)48-27-8-4-18-40(48)44-23-13-25-46-42-20-6-10-29-50(42)55-52(44)46/h1-33H. The molecule has 0 radical (unpaired) electrons. The monoisotopic (exact) mass is 735 g/mol. The fourth-order valence-corrected chi connectivity index (χ4v) is 10.8. The summed E-state index contributed by atoms with van der Waals surface area (Å²) >= 11 is 3.76. The Morgan fingerprint density at radius 1 is 0.291 bits per heavy atom. The molecule has 11 rings (SSSR count). The van der Waals surface area contributed by atoms with Crippen LogP contribution in [0.1, 0.15) is 0 Å². The van der Waals surface area contributed by atoms with Crippen molar-refractivity contribution in [2.75, 3.05) is 4.90 Å². The normalized spacial score (nSPS) is 11.6. The lowest BCUT2D eigenvalue weighted by molar-refractivity contribution is 1.29. The van der Waals surface area contributed by atoms with Crippen LogP contribution in [0.3, 0.4) is 0 Å². The Kier molecular flexibility index (Phi) is 7.61. The van der Waals surface area contributed by atoms with Crippen LogP contribution in [0.5, 0.6) is 0 Å². The van der Waals surface area contributed by atoms with E-state index in [9.17, 15) is 0 Å². The molecule has 0 aliphatic carbocycles. The number of hydrogen-bond donors (Lipinski definition) is 0. The SMILES string of the molecule is c1ccc(N(c2ccc(-c3cccc4ccccc34)cc2)c2ccccc2-c2cccc3c2sc2ccccc23)c(-c2cccc3c2sc2ccccc23)c1. The third kappa shape index (κ3) is 5.27. The maximum Gasteiger partial charge on any atom is 0.0540 e. The van der Waals surface area contributed by atoms with Crippen molar-refractivity contribution in [3.05, 3.63) is 200 Å². The average Bonchev–Trinajstić information content (AvgIpc) is 3.83. The lowest BCUT2D eigenvalue weighted by Gasteiger charge is -2.30. The molecule has 55 heavy (non-hydrogen) atoms. The van der Waals surface area contributed by atoms with Crippen molar-refractivity contribution < 1.29 is 0 Å². The molecule has 0 fully saturated rings. The zero-order chi connectivity index (χ0) is 36.3. The van der Waals surface area contributed by atoms with E-state index in [1.165, 1.54) is 84.5 Å². The van der Waals surface area contributed by atoms with E-state index in [4.69, 9.17) is 0 Å². The average molecular weight is 736 g/mol. The minimum absolute atomic E-state index is 1.11. The minimum atomic E-state index is 1.11. The van der Waals surface area contributed by atoms with Gasteiger partial charge in [0.2, 0.25) is 0 Å². The van der Waals surface area contributed by atoms with Crippen molar-refractivity contribution in [1.29, 1.82) is 0 Å². The molecule has 1 nitrogen and oxygen atoms in total. The van der Waals surface area contributed by atoms with E-state index in [1.807, 2.05) is 22.7 Å². The summed E-state index contributed by atoms with van der Waals surface area (Å²) in [6.07, 6.45) is 0. The smallest absolute Gasteiger partial charge is 0.0540 e. The fourth-order valence-electron chi connectivity index (χ4n) is 8.39. The van der Waals surface area contributed by atoms with E-state index in [0.717, 1.165) is 17.1 Å². The fraction of sp³-hybridized carbons (Fsp3) is 0. The van der Waals surface area contributed by atoms with E-state index in [1.54, 1.807) is 0 Å². The lowest BCUT2D eigenvalue weighted by Crippen LogP contribution is -2.12. The number of rotatable bonds is 6. The Morgan fingerprint density at radius 2 is 0.709 bits per heavy atom. The van der Waals surface area contributed by atoms with Gasteiger partial charge in [-0.2, -0.15) is 0 Å². The maximum absolute atomic E-state index is 2.48. The van der Waals surface area contributed by atoms with E-state index < -0.39 is 0 Å². The molecular formula is C52H33NS2. The van der Waals surface area contributed by atoms with Crippen molar-refractivity contribution in [3.63, 3.8) is 0 Å². The van der Waals surface area contributed by atoms with Gasteiger partial charge in [0.15, 0.2) is 0 Å². The van der Waals surface area contributed by atoms with Crippen LogP contribution in [-0.4, -0.2) is 0 Å². The number of nitrogens with zero attached hydrogens (tertiary/aromatic N) is 1. The highest BCUT2D eigenvalue weighted by molar-refractivity contribution is 7.26. The molecule has 2 heterocycles. The molecule has 0 aliphatic rings. The largest absolute Gasteiger partial charge is 0.309 e. The second-order valence-electron chi connectivity index (χ2n) is 14.0. The molecule has 11 aromatic rings. The molecule has 0 spiro atoms. The Morgan fingerprint density at radius 3 is 1.31 bits per heavy atom. The van der Waals surface area contributed by atoms with Gasteiger partial charge in [-0.3, -0.25) is 0 Å². The highest BCUT2D eigenvalue weighted by atomic mass is 32.1. The zero-order valence-corrected chi connectivity index (χ0v) is 31.4. The van der Waals surface area contributed by atoms with Crippen LogP contribution in [0.25, 0.3) is 84.5 Å². The van der Waals surface area contributed by atoms with E-state index >= 15 is 0 Å². The van der Waals surface area contributed by atoms with Crippen LogP contribution in [0.2, 0.25) is 0 Å². The van der Waals surface area contributed by atoms with Crippen molar-refractivity contribution >= 4 is 90.9 Å². The highest BCUT2D eigenvalue weighted by Gasteiger charge is 2.23. The number of fused-ring (bicyclic) bond motifs is 7. The van der Waals surface area contributed by atoms with Gasteiger partial charge in [-0.25, -0.2) is 0 Å². The van der Waals surface area contributed by atoms with Crippen molar-refractivity contribution in [1.82, 2.24) is 0 Å². The van der Waals surface area contributed by atoms with Crippen molar-refractivity contribution in [2.24, 2.45) is 0 Å². The first-order chi connectivity index (χ1) is 27.3. The summed E-state index contributed by atoms with van der Waals surface area (Å²) in [5.41, 5.74) is 10.7. The van der Waals surface area contributed by atoms with Gasteiger partial charge in [0.1, 0.15) is 0 Å². The summed E-state index contributed by atoms with van der Waals surface area (Å²) in [5.74, 6) is 0. The number of thiophene rings is 2. The Bertz CT molecular complexity index is 3060. The van der Waals surface area contributed by atoms with Gasteiger partial charge in [-0.05, 0) is 58.3 Å². The number of anilines is 3.